The third-order valence-electron chi connectivity index (χ3n) is 5.48. The summed E-state index contributed by atoms with van der Waals surface area (Å²) in [5.74, 6) is -0.248. The molecule has 1 unspecified atom stereocenters. The van der Waals surface area contributed by atoms with Crippen LogP contribution in [0.5, 0.6) is 0 Å². The molecule has 0 N–H and O–H groups in total. The first kappa shape index (κ1) is 20.7. The number of rotatable bonds is 4. The summed E-state index contributed by atoms with van der Waals surface area (Å²) in [6.45, 7) is 8.74. The Labute approximate surface area is 186 Å². The van der Waals surface area contributed by atoms with Crippen LogP contribution in [0, 0.1) is 13.8 Å². The molecule has 30 heavy (non-hydrogen) atoms. The predicted octanol–water partition coefficient (Wildman–Crippen LogP) is 7.11. The first-order chi connectivity index (χ1) is 14.4. The van der Waals surface area contributed by atoms with Gasteiger partial charge in [-0.15, -0.1) is 11.3 Å². The highest BCUT2D eigenvalue weighted by molar-refractivity contribution is 7.18. The van der Waals surface area contributed by atoms with Crippen molar-refractivity contribution in [3.63, 3.8) is 0 Å². The summed E-state index contributed by atoms with van der Waals surface area (Å²) in [7, 11) is 0. The molecule has 4 rings (SSSR count). The summed E-state index contributed by atoms with van der Waals surface area (Å²) in [5.41, 5.74) is 6.71. The van der Waals surface area contributed by atoms with Gasteiger partial charge in [0, 0.05) is 16.4 Å². The van der Waals surface area contributed by atoms with E-state index >= 15 is 0 Å². The molecule has 0 radical (unpaired) electrons. The highest BCUT2D eigenvalue weighted by Gasteiger charge is 2.33. The van der Waals surface area contributed by atoms with Gasteiger partial charge in [-0.2, -0.15) is 0 Å². The fraction of sp³-hybridized carbons (Fsp3) is 0.240. The standard InChI is InChI=1S/C25H24ClNO2S/c1-5-18(21-11-10-20(26)12-16(21)3)14-27-17(4)29-25(28)24-22(27)13-23(30-24)19-8-6-15(2)7-9-19/h5-13,17H,14H2,1-4H3. The average molecular weight is 438 g/mol. The van der Waals surface area contributed by atoms with Crippen LogP contribution >= 0.6 is 22.9 Å². The van der Waals surface area contributed by atoms with Crippen LogP contribution in [-0.4, -0.2) is 18.7 Å². The van der Waals surface area contributed by atoms with E-state index in [9.17, 15) is 4.79 Å². The van der Waals surface area contributed by atoms with Crippen LogP contribution in [0.25, 0.3) is 16.0 Å². The predicted molar refractivity (Wildman–Crippen MR) is 127 cm³/mol. The maximum atomic E-state index is 12.6. The molecule has 0 fully saturated rings. The highest BCUT2D eigenvalue weighted by atomic mass is 35.5. The molecule has 0 saturated heterocycles. The Balaban J connectivity index is 1.71. The molecular weight excluding hydrogens is 414 g/mol. The van der Waals surface area contributed by atoms with Crippen molar-refractivity contribution in [3.05, 3.63) is 81.2 Å². The number of nitrogens with zero attached hydrogens (tertiary/aromatic N) is 1. The SMILES string of the molecule is CC=C(CN1c2cc(-c3ccc(C)cc3)sc2C(=O)OC1C)c1ccc(Cl)cc1C. The molecule has 0 amide bonds. The Kier molecular flexibility index (Phi) is 5.72. The number of carbonyl (C=O) groups is 1. The molecule has 1 aromatic heterocycles. The molecule has 0 saturated carbocycles. The first-order valence-electron chi connectivity index (χ1n) is 9.97. The second-order valence-corrected chi connectivity index (χ2v) is 9.09. The Morgan fingerprint density at radius 1 is 1.17 bits per heavy atom. The van der Waals surface area contributed by atoms with Gasteiger partial charge in [-0.25, -0.2) is 4.79 Å². The molecule has 2 aromatic carbocycles. The van der Waals surface area contributed by atoms with E-state index in [4.69, 9.17) is 16.3 Å². The lowest BCUT2D eigenvalue weighted by atomic mass is 9.99. The minimum atomic E-state index is -0.340. The summed E-state index contributed by atoms with van der Waals surface area (Å²) >= 11 is 7.64. The van der Waals surface area contributed by atoms with Crippen LogP contribution in [0.4, 0.5) is 5.69 Å². The summed E-state index contributed by atoms with van der Waals surface area (Å²) in [6.07, 6.45) is 1.78. The smallest absolute Gasteiger partial charge is 0.352 e. The van der Waals surface area contributed by atoms with Crippen LogP contribution in [-0.2, 0) is 4.74 Å². The second-order valence-electron chi connectivity index (χ2n) is 7.60. The maximum Gasteiger partial charge on any atom is 0.352 e. The van der Waals surface area contributed by atoms with E-state index in [1.165, 1.54) is 22.5 Å². The number of anilines is 1. The Morgan fingerprint density at radius 3 is 2.57 bits per heavy atom. The van der Waals surface area contributed by atoms with Gasteiger partial charge in [0.2, 0.25) is 0 Å². The highest BCUT2D eigenvalue weighted by Crippen LogP contribution is 2.41. The fourth-order valence-electron chi connectivity index (χ4n) is 3.79. The number of aryl methyl sites for hydroxylation is 2. The van der Waals surface area contributed by atoms with Gasteiger partial charge in [0.25, 0.3) is 0 Å². The minimum Gasteiger partial charge on any atom is -0.438 e. The van der Waals surface area contributed by atoms with E-state index in [-0.39, 0.29) is 12.2 Å². The molecule has 154 valence electrons. The molecule has 0 bridgehead atoms. The summed E-state index contributed by atoms with van der Waals surface area (Å²) in [4.78, 5) is 16.5. The zero-order chi connectivity index (χ0) is 21.4. The normalized spacial score (nSPS) is 16.4. The van der Waals surface area contributed by atoms with E-state index < -0.39 is 0 Å². The van der Waals surface area contributed by atoms with Gasteiger partial charge in [0.05, 0.1) is 5.69 Å². The van der Waals surface area contributed by atoms with Crippen LogP contribution in [0.15, 0.2) is 54.6 Å². The topological polar surface area (TPSA) is 29.5 Å². The Morgan fingerprint density at radius 2 is 1.90 bits per heavy atom. The van der Waals surface area contributed by atoms with Gasteiger partial charge in [0.1, 0.15) is 4.88 Å². The largest absolute Gasteiger partial charge is 0.438 e. The van der Waals surface area contributed by atoms with Gasteiger partial charge >= 0.3 is 5.97 Å². The summed E-state index contributed by atoms with van der Waals surface area (Å²) < 4.78 is 5.67. The molecule has 1 atom stereocenters. The quantitative estimate of drug-likeness (QED) is 0.407. The van der Waals surface area contributed by atoms with E-state index in [1.54, 1.807) is 0 Å². The van der Waals surface area contributed by atoms with E-state index in [2.05, 4.69) is 61.2 Å². The zero-order valence-electron chi connectivity index (χ0n) is 17.5. The Bertz CT molecular complexity index is 1130. The number of thiophene rings is 1. The number of hydrogen-bond donors (Lipinski definition) is 0. The van der Waals surface area contributed by atoms with Crippen LogP contribution in [0.1, 0.15) is 40.2 Å². The lowest BCUT2D eigenvalue weighted by molar-refractivity contribution is 0.0313. The van der Waals surface area contributed by atoms with E-state index in [0.717, 1.165) is 32.3 Å². The van der Waals surface area contributed by atoms with E-state index in [1.807, 2.05) is 26.0 Å². The number of carbonyl (C=O) groups excluding carboxylic acids is 1. The zero-order valence-corrected chi connectivity index (χ0v) is 19.1. The molecule has 3 aromatic rings. The average Bonchev–Trinajstić information content (AvgIpc) is 3.15. The van der Waals surface area contributed by atoms with Crippen molar-refractivity contribution in [3.8, 4) is 10.4 Å². The van der Waals surface area contributed by atoms with Crippen molar-refractivity contribution in [2.24, 2.45) is 0 Å². The van der Waals surface area contributed by atoms with Gasteiger partial charge in [-0.3, -0.25) is 0 Å². The Hall–Kier alpha value is -2.56. The molecule has 3 nitrogen and oxygen atoms in total. The number of cyclic esters (lactones) is 1. The number of benzene rings is 2. The second kappa shape index (κ2) is 8.29. The summed E-state index contributed by atoms with van der Waals surface area (Å²) in [5, 5.41) is 0.731. The monoisotopic (exact) mass is 437 g/mol. The van der Waals surface area contributed by atoms with Crippen molar-refractivity contribution in [2.75, 3.05) is 11.4 Å². The van der Waals surface area contributed by atoms with Crippen molar-refractivity contribution in [1.29, 1.82) is 0 Å². The molecule has 0 aliphatic carbocycles. The number of halogens is 1. The lowest BCUT2D eigenvalue weighted by Crippen LogP contribution is -2.41. The van der Waals surface area contributed by atoms with Gasteiger partial charge in [-0.05, 0) is 68.2 Å². The van der Waals surface area contributed by atoms with Gasteiger partial charge < -0.3 is 9.64 Å². The van der Waals surface area contributed by atoms with Gasteiger partial charge in [-0.1, -0.05) is 53.6 Å². The molecule has 0 spiro atoms. The molecule has 5 heteroatoms. The number of ether oxygens (including phenoxy) is 1. The minimum absolute atomic E-state index is 0.248. The van der Waals surface area contributed by atoms with E-state index in [0.29, 0.717) is 11.4 Å². The number of allylic oxidation sites excluding steroid dienone is 1. The number of esters is 1. The number of fused-ring (bicyclic) bond motifs is 1. The summed E-state index contributed by atoms with van der Waals surface area (Å²) in [6, 6.07) is 16.4. The van der Waals surface area contributed by atoms with Crippen LogP contribution in [0.3, 0.4) is 0 Å². The molecular formula is C25H24ClNO2S. The van der Waals surface area contributed by atoms with Crippen molar-refractivity contribution < 1.29 is 9.53 Å². The van der Waals surface area contributed by atoms with Gasteiger partial charge in [0.15, 0.2) is 6.23 Å². The third-order valence-corrected chi connectivity index (χ3v) is 6.87. The van der Waals surface area contributed by atoms with Crippen molar-refractivity contribution in [1.82, 2.24) is 0 Å². The molecule has 1 aliphatic rings. The van der Waals surface area contributed by atoms with Crippen LogP contribution in [0.2, 0.25) is 5.02 Å². The lowest BCUT2D eigenvalue weighted by Gasteiger charge is -2.35. The van der Waals surface area contributed by atoms with Crippen molar-refractivity contribution >= 4 is 40.2 Å². The fourth-order valence-corrected chi connectivity index (χ4v) is 5.07. The first-order valence-corrected chi connectivity index (χ1v) is 11.2. The maximum absolute atomic E-state index is 12.6. The molecule has 1 aliphatic heterocycles. The number of hydrogen-bond acceptors (Lipinski definition) is 4. The third kappa shape index (κ3) is 3.90. The molecule has 2 heterocycles. The van der Waals surface area contributed by atoms with Crippen molar-refractivity contribution in [2.45, 2.75) is 33.9 Å². The van der Waals surface area contributed by atoms with Crippen LogP contribution < -0.4 is 4.90 Å².